The highest BCUT2D eigenvalue weighted by atomic mass is 19.1. The summed E-state index contributed by atoms with van der Waals surface area (Å²) in [5.41, 5.74) is 0.590. The lowest BCUT2D eigenvalue weighted by Gasteiger charge is -2.18. The number of fused-ring (bicyclic) bond motifs is 1. The molecule has 0 saturated carbocycles. The Bertz CT molecular complexity index is 772. The summed E-state index contributed by atoms with van der Waals surface area (Å²) in [6.45, 7) is 0.475. The predicted molar refractivity (Wildman–Crippen MR) is 82.8 cm³/mol. The van der Waals surface area contributed by atoms with Crippen LogP contribution >= 0.6 is 0 Å². The van der Waals surface area contributed by atoms with Crippen molar-refractivity contribution in [1.82, 2.24) is 0 Å². The maximum Gasteiger partial charge on any atom is 0.310 e. The van der Waals surface area contributed by atoms with Gasteiger partial charge in [0, 0.05) is 5.56 Å². The minimum absolute atomic E-state index is 0.221. The number of hydrogen-bond acceptors (Lipinski definition) is 5. The molecular formula is C18H15FO5. The van der Waals surface area contributed by atoms with E-state index in [0.717, 1.165) is 0 Å². The zero-order chi connectivity index (χ0) is 16.9. The van der Waals surface area contributed by atoms with Gasteiger partial charge in [0.05, 0.1) is 6.42 Å². The lowest BCUT2D eigenvalue weighted by Crippen LogP contribution is -2.18. The van der Waals surface area contributed by atoms with E-state index in [1.807, 2.05) is 0 Å². The minimum atomic E-state index is -0.661. The van der Waals surface area contributed by atoms with Crippen molar-refractivity contribution in [3.63, 3.8) is 0 Å². The number of benzene rings is 2. The second-order valence-corrected chi connectivity index (χ2v) is 5.21. The highest BCUT2D eigenvalue weighted by Crippen LogP contribution is 2.30. The summed E-state index contributed by atoms with van der Waals surface area (Å²) in [5, 5.41) is 0. The summed E-state index contributed by atoms with van der Waals surface area (Å²) in [4.78, 5) is 23.9. The van der Waals surface area contributed by atoms with Crippen molar-refractivity contribution in [2.24, 2.45) is 0 Å². The third-order valence-electron chi connectivity index (χ3n) is 3.52. The number of Topliss-reactive ketones (excluding diaryl/α,β-unsaturated/α-hetero) is 1. The van der Waals surface area contributed by atoms with Gasteiger partial charge in [-0.25, -0.2) is 4.39 Å². The van der Waals surface area contributed by atoms with Crippen molar-refractivity contribution in [3.8, 4) is 11.5 Å². The zero-order valence-corrected chi connectivity index (χ0v) is 12.8. The molecule has 1 heterocycles. The van der Waals surface area contributed by atoms with Crippen molar-refractivity contribution in [3.05, 3.63) is 59.4 Å². The Balaban J connectivity index is 1.57. The molecule has 0 spiro atoms. The van der Waals surface area contributed by atoms with E-state index < -0.39 is 18.4 Å². The first-order valence-electron chi connectivity index (χ1n) is 7.45. The Hall–Kier alpha value is -2.89. The van der Waals surface area contributed by atoms with E-state index in [1.165, 1.54) is 18.2 Å². The first kappa shape index (κ1) is 16.0. The van der Waals surface area contributed by atoms with E-state index in [0.29, 0.717) is 30.3 Å². The molecule has 0 saturated heterocycles. The highest BCUT2D eigenvalue weighted by Gasteiger charge is 2.16. The number of esters is 1. The van der Waals surface area contributed by atoms with Crippen LogP contribution in [0.4, 0.5) is 4.39 Å². The maximum atomic E-state index is 13.5. The van der Waals surface area contributed by atoms with Gasteiger partial charge < -0.3 is 14.2 Å². The highest BCUT2D eigenvalue weighted by molar-refractivity contribution is 5.98. The van der Waals surface area contributed by atoms with Gasteiger partial charge in [-0.3, -0.25) is 9.59 Å². The fraction of sp³-hybridized carbons (Fsp3) is 0.222. The predicted octanol–water partition coefficient (Wildman–Crippen LogP) is 2.57. The molecular weight excluding hydrogens is 315 g/mol. The van der Waals surface area contributed by atoms with Crippen LogP contribution in [0.3, 0.4) is 0 Å². The first-order chi connectivity index (χ1) is 11.6. The lowest BCUT2D eigenvalue weighted by molar-refractivity contribution is -0.141. The van der Waals surface area contributed by atoms with Crippen molar-refractivity contribution < 1.29 is 28.2 Å². The normalized spacial score (nSPS) is 12.5. The van der Waals surface area contributed by atoms with Gasteiger partial charge in [-0.1, -0.05) is 18.2 Å². The monoisotopic (exact) mass is 330 g/mol. The van der Waals surface area contributed by atoms with E-state index in [2.05, 4.69) is 0 Å². The maximum absolute atomic E-state index is 13.5. The largest absolute Gasteiger partial charge is 0.486 e. The summed E-state index contributed by atoms with van der Waals surface area (Å²) in [5.74, 6) is -0.438. The number of carbonyl (C=O) groups is 2. The van der Waals surface area contributed by atoms with E-state index in [-0.39, 0.29) is 17.8 Å². The molecule has 5 nitrogen and oxygen atoms in total. The van der Waals surface area contributed by atoms with Crippen LogP contribution in [0, 0.1) is 5.82 Å². The van der Waals surface area contributed by atoms with Gasteiger partial charge in [-0.15, -0.1) is 0 Å². The molecule has 1 aliphatic rings. The summed E-state index contributed by atoms with van der Waals surface area (Å²) in [7, 11) is 0. The van der Waals surface area contributed by atoms with Gasteiger partial charge in [0.1, 0.15) is 19.0 Å². The van der Waals surface area contributed by atoms with Crippen LogP contribution < -0.4 is 9.47 Å². The number of hydrogen-bond donors (Lipinski definition) is 0. The minimum Gasteiger partial charge on any atom is -0.486 e. The number of ketones is 1. The van der Waals surface area contributed by atoms with E-state index >= 15 is 0 Å². The molecule has 2 aromatic carbocycles. The average molecular weight is 330 g/mol. The number of carbonyl (C=O) groups excluding carboxylic acids is 2. The Labute approximate surface area is 138 Å². The molecule has 0 radical (unpaired) electrons. The summed E-state index contributed by atoms with van der Waals surface area (Å²) in [6.07, 6.45) is -0.221. The third-order valence-corrected chi connectivity index (χ3v) is 3.52. The molecule has 24 heavy (non-hydrogen) atoms. The Morgan fingerprint density at radius 1 is 1.04 bits per heavy atom. The third kappa shape index (κ3) is 3.71. The van der Waals surface area contributed by atoms with E-state index in [4.69, 9.17) is 14.2 Å². The summed E-state index contributed by atoms with van der Waals surface area (Å²) < 4.78 is 29.2. The molecule has 0 aliphatic carbocycles. The van der Waals surface area contributed by atoms with Crippen LogP contribution in [0.2, 0.25) is 0 Å². The second kappa shape index (κ2) is 7.12. The Morgan fingerprint density at radius 2 is 1.79 bits per heavy atom. The molecule has 2 aromatic rings. The van der Waals surface area contributed by atoms with Crippen molar-refractivity contribution in [2.45, 2.75) is 6.42 Å². The first-order valence-corrected chi connectivity index (χ1v) is 7.45. The van der Waals surface area contributed by atoms with Crippen LogP contribution in [-0.2, 0) is 16.0 Å². The average Bonchev–Trinajstić information content (AvgIpc) is 2.61. The number of rotatable bonds is 5. The standard InChI is InChI=1S/C18H15FO5/c19-14-4-2-1-3-12(14)10-18(21)24-11-15(20)13-5-6-16-17(9-13)23-8-7-22-16/h1-6,9H,7-8,10-11H2. The van der Waals surface area contributed by atoms with Crippen LogP contribution in [0.25, 0.3) is 0 Å². The summed E-state index contributed by atoms with van der Waals surface area (Å²) >= 11 is 0. The fourth-order valence-electron chi connectivity index (χ4n) is 2.29. The number of halogens is 1. The van der Waals surface area contributed by atoms with Crippen LogP contribution in [0.1, 0.15) is 15.9 Å². The topological polar surface area (TPSA) is 61.8 Å². The molecule has 0 amide bonds. The fourth-order valence-corrected chi connectivity index (χ4v) is 2.29. The molecule has 0 bridgehead atoms. The Morgan fingerprint density at radius 3 is 2.58 bits per heavy atom. The SMILES string of the molecule is O=C(Cc1ccccc1F)OCC(=O)c1ccc2c(c1)OCCO2. The molecule has 1 aliphatic heterocycles. The van der Waals surface area contributed by atoms with Gasteiger partial charge in [0.2, 0.25) is 0 Å². The van der Waals surface area contributed by atoms with Gasteiger partial charge in [0.25, 0.3) is 0 Å². The molecule has 0 unspecified atom stereocenters. The Kier molecular flexibility index (Phi) is 4.74. The molecule has 0 N–H and O–H groups in total. The molecule has 3 rings (SSSR count). The molecule has 0 aromatic heterocycles. The zero-order valence-electron chi connectivity index (χ0n) is 12.8. The molecule has 0 atom stereocenters. The van der Waals surface area contributed by atoms with Crippen LogP contribution in [-0.4, -0.2) is 31.6 Å². The molecule has 124 valence electrons. The van der Waals surface area contributed by atoms with Crippen LogP contribution in [0.15, 0.2) is 42.5 Å². The van der Waals surface area contributed by atoms with E-state index in [1.54, 1.807) is 24.3 Å². The molecule has 0 fully saturated rings. The van der Waals surface area contributed by atoms with Crippen LogP contribution in [0.5, 0.6) is 11.5 Å². The number of ether oxygens (including phenoxy) is 3. The van der Waals surface area contributed by atoms with Crippen molar-refractivity contribution >= 4 is 11.8 Å². The summed E-state index contributed by atoms with van der Waals surface area (Å²) in [6, 6.07) is 10.7. The smallest absolute Gasteiger partial charge is 0.310 e. The van der Waals surface area contributed by atoms with Crippen molar-refractivity contribution in [1.29, 1.82) is 0 Å². The van der Waals surface area contributed by atoms with Gasteiger partial charge in [-0.05, 0) is 29.8 Å². The van der Waals surface area contributed by atoms with Gasteiger partial charge in [0.15, 0.2) is 23.9 Å². The quantitative estimate of drug-likeness (QED) is 0.623. The van der Waals surface area contributed by atoms with Gasteiger partial charge >= 0.3 is 5.97 Å². The lowest BCUT2D eigenvalue weighted by atomic mass is 10.1. The second-order valence-electron chi connectivity index (χ2n) is 5.21. The van der Waals surface area contributed by atoms with E-state index in [9.17, 15) is 14.0 Å². The molecule has 6 heteroatoms. The van der Waals surface area contributed by atoms with Gasteiger partial charge in [-0.2, -0.15) is 0 Å². The van der Waals surface area contributed by atoms with Crippen molar-refractivity contribution in [2.75, 3.05) is 19.8 Å².